The van der Waals surface area contributed by atoms with E-state index in [1.54, 1.807) is 0 Å². The summed E-state index contributed by atoms with van der Waals surface area (Å²) in [5, 5.41) is 6.63. The Balaban J connectivity index is 2.29. The molecule has 1 aliphatic carbocycles. The Labute approximate surface area is 130 Å². The summed E-state index contributed by atoms with van der Waals surface area (Å²) in [7, 11) is 0. The zero-order chi connectivity index (χ0) is 15.9. The molecule has 0 aromatic heterocycles. The lowest BCUT2D eigenvalue weighted by atomic mass is 9.92. The van der Waals surface area contributed by atoms with Crippen molar-refractivity contribution in [2.75, 3.05) is 6.54 Å². The molecule has 0 aliphatic heterocycles. The molecular formula is C17H34N2O2. The van der Waals surface area contributed by atoms with Crippen molar-refractivity contribution < 1.29 is 9.53 Å². The van der Waals surface area contributed by atoms with Gasteiger partial charge in [-0.05, 0) is 65.8 Å². The van der Waals surface area contributed by atoms with Crippen LogP contribution in [0.25, 0.3) is 0 Å². The fourth-order valence-corrected chi connectivity index (χ4v) is 2.63. The van der Waals surface area contributed by atoms with Crippen LogP contribution in [-0.2, 0) is 9.53 Å². The molecule has 4 heteroatoms. The third-order valence-corrected chi connectivity index (χ3v) is 4.47. The highest BCUT2D eigenvalue weighted by atomic mass is 16.5. The number of nitrogens with one attached hydrogen (secondary N) is 2. The molecule has 21 heavy (non-hydrogen) atoms. The van der Waals surface area contributed by atoms with Gasteiger partial charge >= 0.3 is 0 Å². The highest BCUT2D eigenvalue weighted by Crippen LogP contribution is 2.22. The normalized spacial score (nSPS) is 24.6. The monoisotopic (exact) mass is 298 g/mol. The minimum atomic E-state index is -0.360. The second-order valence-electron chi connectivity index (χ2n) is 6.93. The van der Waals surface area contributed by atoms with Crippen LogP contribution in [0.3, 0.4) is 0 Å². The van der Waals surface area contributed by atoms with Crippen LogP contribution in [0.5, 0.6) is 0 Å². The van der Waals surface area contributed by atoms with Crippen LogP contribution in [0.1, 0.15) is 73.1 Å². The zero-order valence-corrected chi connectivity index (χ0v) is 14.5. The first-order chi connectivity index (χ1) is 9.88. The van der Waals surface area contributed by atoms with Gasteiger partial charge in [0.2, 0.25) is 5.91 Å². The highest BCUT2D eigenvalue weighted by molar-refractivity contribution is 5.81. The number of amides is 1. The van der Waals surface area contributed by atoms with E-state index in [1.807, 2.05) is 20.8 Å². The molecule has 2 N–H and O–H groups in total. The van der Waals surface area contributed by atoms with Crippen LogP contribution >= 0.6 is 0 Å². The van der Waals surface area contributed by atoms with Gasteiger partial charge in [0, 0.05) is 11.6 Å². The number of ether oxygens (including phenoxy) is 1. The molecule has 1 amide bonds. The molecule has 0 bridgehead atoms. The van der Waals surface area contributed by atoms with E-state index in [2.05, 4.69) is 24.5 Å². The molecule has 1 saturated carbocycles. The van der Waals surface area contributed by atoms with Gasteiger partial charge in [0.05, 0.1) is 6.10 Å². The van der Waals surface area contributed by atoms with Gasteiger partial charge in [-0.15, -0.1) is 0 Å². The lowest BCUT2D eigenvalue weighted by Crippen LogP contribution is -2.48. The molecule has 1 atom stereocenters. The molecule has 4 nitrogen and oxygen atoms in total. The molecule has 0 aromatic carbocycles. The predicted molar refractivity (Wildman–Crippen MR) is 87.4 cm³/mol. The maximum Gasteiger partial charge on any atom is 0.249 e. The number of hydrogen-bond donors (Lipinski definition) is 2. The Morgan fingerprint density at radius 2 is 1.86 bits per heavy atom. The summed E-state index contributed by atoms with van der Waals surface area (Å²) >= 11 is 0. The molecule has 124 valence electrons. The van der Waals surface area contributed by atoms with E-state index in [9.17, 15) is 4.79 Å². The third kappa shape index (κ3) is 6.79. The minimum Gasteiger partial charge on any atom is -0.365 e. The Bertz CT molecular complexity index is 310. The standard InChI is InChI=1S/C17H34N2O2/c1-6-12-18-14-8-10-15(11-9-14)21-13(3)16(20)19-17(4,5)7-2/h13-15,18H,6-12H2,1-5H3,(H,19,20). The van der Waals surface area contributed by atoms with Crippen LogP contribution in [0.4, 0.5) is 0 Å². The second kappa shape index (κ2) is 8.74. The number of rotatable bonds is 8. The van der Waals surface area contributed by atoms with Crippen molar-refractivity contribution >= 4 is 5.91 Å². The summed E-state index contributed by atoms with van der Waals surface area (Å²) < 4.78 is 5.96. The van der Waals surface area contributed by atoms with Crippen molar-refractivity contribution in [3.8, 4) is 0 Å². The van der Waals surface area contributed by atoms with Crippen molar-refractivity contribution in [3.63, 3.8) is 0 Å². The smallest absolute Gasteiger partial charge is 0.249 e. The van der Waals surface area contributed by atoms with Crippen LogP contribution in [0, 0.1) is 0 Å². The zero-order valence-electron chi connectivity index (χ0n) is 14.5. The Morgan fingerprint density at radius 3 is 2.38 bits per heavy atom. The molecule has 0 saturated heterocycles. The van der Waals surface area contributed by atoms with E-state index < -0.39 is 0 Å². The molecule has 0 aromatic rings. The molecule has 1 unspecified atom stereocenters. The summed E-state index contributed by atoms with van der Waals surface area (Å²) in [6.07, 6.45) is 6.38. The molecule has 1 fully saturated rings. The summed E-state index contributed by atoms with van der Waals surface area (Å²) in [4.78, 5) is 12.1. The van der Waals surface area contributed by atoms with Crippen molar-refractivity contribution in [3.05, 3.63) is 0 Å². The van der Waals surface area contributed by atoms with E-state index in [0.717, 1.165) is 38.6 Å². The number of carbonyl (C=O) groups is 1. The molecule has 0 spiro atoms. The van der Waals surface area contributed by atoms with Crippen molar-refractivity contribution in [1.29, 1.82) is 0 Å². The van der Waals surface area contributed by atoms with E-state index >= 15 is 0 Å². The first-order valence-electron chi connectivity index (χ1n) is 8.58. The highest BCUT2D eigenvalue weighted by Gasteiger charge is 2.27. The quantitative estimate of drug-likeness (QED) is 0.724. The SMILES string of the molecule is CCCNC1CCC(OC(C)C(=O)NC(C)(C)CC)CC1. The molecule has 0 radical (unpaired) electrons. The topological polar surface area (TPSA) is 50.4 Å². The maximum atomic E-state index is 12.1. The molecular weight excluding hydrogens is 264 g/mol. The number of hydrogen-bond acceptors (Lipinski definition) is 3. The van der Waals surface area contributed by atoms with Gasteiger partial charge in [-0.2, -0.15) is 0 Å². The fourth-order valence-electron chi connectivity index (χ4n) is 2.63. The van der Waals surface area contributed by atoms with E-state index in [1.165, 1.54) is 6.42 Å². The van der Waals surface area contributed by atoms with Crippen molar-refractivity contribution in [1.82, 2.24) is 10.6 Å². The average Bonchev–Trinajstić information content (AvgIpc) is 2.46. The number of carbonyl (C=O) groups excluding carboxylic acids is 1. The summed E-state index contributed by atoms with van der Waals surface area (Å²) in [6, 6.07) is 0.632. The van der Waals surface area contributed by atoms with Crippen molar-refractivity contribution in [2.24, 2.45) is 0 Å². The van der Waals surface area contributed by atoms with E-state index in [0.29, 0.717) is 6.04 Å². The Kier molecular flexibility index (Phi) is 7.67. The van der Waals surface area contributed by atoms with Crippen molar-refractivity contribution in [2.45, 2.75) is 96.9 Å². The molecule has 1 rings (SSSR count). The predicted octanol–water partition coefficient (Wildman–Crippen LogP) is 3.01. The van der Waals surface area contributed by atoms with Gasteiger partial charge in [0.25, 0.3) is 0 Å². The largest absolute Gasteiger partial charge is 0.365 e. The maximum absolute atomic E-state index is 12.1. The van der Waals surface area contributed by atoms with Crippen LogP contribution in [0.15, 0.2) is 0 Å². The first kappa shape index (κ1) is 18.4. The lowest BCUT2D eigenvalue weighted by Gasteiger charge is -2.32. The Hall–Kier alpha value is -0.610. The molecule has 1 aliphatic rings. The van der Waals surface area contributed by atoms with E-state index in [4.69, 9.17) is 4.74 Å². The van der Waals surface area contributed by atoms with Crippen LogP contribution in [-0.4, -0.2) is 36.2 Å². The van der Waals surface area contributed by atoms with Gasteiger partial charge in [-0.25, -0.2) is 0 Å². The second-order valence-corrected chi connectivity index (χ2v) is 6.93. The third-order valence-electron chi connectivity index (χ3n) is 4.47. The summed E-state index contributed by atoms with van der Waals surface area (Å²) in [5.74, 6) is 0.00748. The lowest BCUT2D eigenvalue weighted by molar-refractivity contribution is -0.138. The van der Waals surface area contributed by atoms with Gasteiger partial charge in [0.15, 0.2) is 0 Å². The molecule has 0 heterocycles. The Morgan fingerprint density at radius 1 is 1.24 bits per heavy atom. The van der Waals surface area contributed by atoms with Crippen LogP contribution < -0.4 is 10.6 Å². The van der Waals surface area contributed by atoms with Gasteiger partial charge < -0.3 is 15.4 Å². The minimum absolute atomic E-state index is 0.00748. The summed E-state index contributed by atoms with van der Waals surface area (Å²) in [6.45, 7) is 11.3. The van der Waals surface area contributed by atoms with Gasteiger partial charge in [0.1, 0.15) is 6.10 Å². The van der Waals surface area contributed by atoms with E-state index in [-0.39, 0.29) is 23.7 Å². The first-order valence-corrected chi connectivity index (χ1v) is 8.58. The average molecular weight is 298 g/mol. The van der Waals surface area contributed by atoms with Crippen LogP contribution in [0.2, 0.25) is 0 Å². The van der Waals surface area contributed by atoms with Gasteiger partial charge in [-0.1, -0.05) is 13.8 Å². The fraction of sp³-hybridized carbons (Fsp3) is 0.941. The summed E-state index contributed by atoms with van der Waals surface area (Å²) in [5.41, 5.74) is -0.156. The van der Waals surface area contributed by atoms with Gasteiger partial charge in [-0.3, -0.25) is 4.79 Å².